The Balaban J connectivity index is 1.91. The molecule has 2 aromatic rings. The topological polar surface area (TPSA) is 58.2 Å². The zero-order chi connectivity index (χ0) is 17.7. The number of anilines is 1. The molecule has 125 valence electrons. The van der Waals surface area contributed by atoms with Crippen molar-refractivity contribution in [3.05, 3.63) is 65.2 Å². The van der Waals surface area contributed by atoms with Crippen molar-refractivity contribution in [2.75, 3.05) is 5.32 Å². The Morgan fingerprint density at radius 2 is 1.83 bits per heavy atom. The zero-order valence-corrected chi connectivity index (χ0v) is 13.3. The molecule has 0 heterocycles. The highest BCUT2D eigenvalue weighted by Gasteiger charge is 2.16. The van der Waals surface area contributed by atoms with Crippen molar-refractivity contribution in [2.45, 2.75) is 26.3 Å². The van der Waals surface area contributed by atoms with Crippen molar-refractivity contribution in [3.63, 3.8) is 0 Å². The minimum atomic E-state index is -0.791. The SMILES string of the molecule is Cc1[c]ccc(NC(=O)[C@H](C)NC(=O)Cc2cc(F)cc(F)c2)c1. The molecule has 0 bridgehead atoms. The van der Waals surface area contributed by atoms with Crippen LogP contribution in [-0.2, 0) is 16.0 Å². The first-order valence-electron chi connectivity index (χ1n) is 7.37. The molecule has 2 N–H and O–H groups in total. The lowest BCUT2D eigenvalue weighted by atomic mass is 10.1. The van der Waals surface area contributed by atoms with Crippen LogP contribution in [-0.4, -0.2) is 17.9 Å². The van der Waals surface area contributed by atoms with E-state index < -0.39 is 23.6 Å². The number of nitrogens with one attached hydrogen (secondary N) is 2. The molecular formula is C18H17F2N2O2. The first kappa shape index (κ1) is 17.6. The highest BCUT2D eigenvalue weighted by Crippen LogP contribution is 2.10. The van der Waals surface area contributed by atoms with Crippen LogP contribution in [0.4, 0.5) is 14.5 Å². The van der Waals surface area contributed by atoms with Gasteiger partial charge in [0.25, 0.3) is 0 Å². The van der Waals surface area contributed by atoms with Gasteiger partial charge in [0.2, 0.25) is 11.8 Å². The second-order valence-electron chi connectivity index (χ2n) is 5.49. The van der Waals surface area contributed by atoms with Gasteiger partial charge in [-0.15, -0.1) is 0 Å². The monoisotopic (exact) mass is 331 g/mol. The van der Waals surface area contributed by atoms with E-state index in [9.17, 15) is 18.4 Å². The molecule has 2 amide bonds. The molecule has 1 atom stereocenters. The second kappa shape index (κ2) is 7.68. The lowest BCUT2D eigenvalue weighted by molar-refractivity contribution is -0.125. The van der Waals surface area contributed by atoms with Crippen LogP contribution in [0.1, 0.15) is 18.1 Å². The van der Waals surface area contributed by atoms with E-state index in [0.717, 1.165) is 23.8 Å². The third-order valence-corrected chi connectivity index (χ3v) is 3.27. The zero-order valence-electron chi connectivity index (χ0n) is 13.3. The number of hydrogen-bond acceptors (Lipinski definition) is 2. The van der Waals surface area contributed by atoms with Crippen molar-refractivity contribution in [2.24, 2.45) is 0 Å². The van der Waals surface area contributed by atoms with E-state index in [1.54, 1.807) is 18.2 Å². The average Bonchev–Trinajstić information content (AvgIpc) is 2.45. The van der Waals surface area contributed by atoms with Crippen LogP contribution in [0.15, 0.2) is 36.4 Å². The summed E-state index contributed by atoms with van der Waals surface area (Å²) in [6.45, 7) is 3.38. The van der Waals surface area contributed by atoms with Crippen LogP contribution in [0.5, 0.6) is 0 Å². The molecule has 0 aliphatic heterocycles. The van der Waals surface area contributed by atoms with Crippen molar-refractivity contribution in [3.8, 4) is 0 Å². The van der Waals surface area contributed by atoms with Crippen molar-refractivity contribution in [1.82, 2.24) is 5.32 Å². The van der Waals surface area contributed by atoms with Crippen molar-refractivity contribution >= 4 is 17.5 Å². The Bertz CT molecular complexity index is 742. The molecule has 0 aliphatic rings. The summed E-state index contributed by atoms with van der Waals surface area (Å²) in [6.07, 6.45) is -0.217. The van der Waals surface area contributed by atoms with Gasteiger partial charge in [0.05, 0.1) is 6.42 Å². The van der Waals surface area contributed by atoms with E-state index in [0.29, 0.717) is 5.69 Å². The minimum absolute atomic E-state index is 0.201. The molecule has 0 spiro atoms. The van der Waals surface area contributed by atoms with E-state index in [1.807, 2.05) is 6.92 Å². The van der Waals surface area contributed by atoms with Gasteiger partial charge in [-0.05, 0) is 55.3 Å². The molecule has 0 saturated heterocycles. The van der Waals surface area contributed by atoms with Crippen LogP contribution < -0.4 is 10.6 Å². The number of rotatable bonds is 5. The molecule has 2 rings (SSSR count). The molecule has 0 fully saturated rings. The largest absolute Gasteiger partial charge is 0.344 e. The number of halogens is 2. The fourth-order valence-electron chi connectivity index (χ4n) is 2.17. The maximum atomic E-state index is 13.1. The lowest BCUT2D eigenvalue weighted by Gasteiger charge is -2.14. The molecule has 0 unspecified atom stereocenters. The van der Waals surface area contributed by atoms with Crippen LogP contribution in [0.2, 0.25) is 0 Å². The summed E-state index contributed by atoms with van der Waals surface area (Å²) >= 11 is 0. The first-order chi connectivity index (χ1) is 11.3. The van der Waals surface area contributed by atoms with Gasteiger partial charge in [-0.3, -0.25) is 9.59 Å². The summed E-state index contributed by atoms with van der Waals surface area (Å²) in [4.78, 5) is 24.0. The third-order valence-electron chi connectivity index (χ3n) is 3.27. The molecule has 0 aliphatic carbocycles. The number of benzene rings is 2. The summed E-state index contributed by atoms with van der Waals surface area (Å²) in [6, 6.07) is 10.2. The number of amides is 2. The van der Waals surface area contributed by atoms with E-state index >= 15 is 0 Å². The first-order valence-corrected chi connectivity index (χ1v) is 7.37. The normalized spacial score (nSPS) is 11.7. The van der Waals surface area contributed by atoms with Gasteiger partial charge in [-0.1, -0.05) is 6.07 Å². The number of hydrogen-bond donors (Lipinski definition) is 2. The lowest BCUT2D eigenvalue weighted by Crippen LogP contribution is -2.42. The van der Waals surface area contributed by atoms with E-state index in [-0.39, 0.29) is 17.9 Å². The van der Waals surface area contributed by atoms with E-state index in [2.05, 4.69) is 16.7 Å². The van der Waals surface area contributed by atoms with Crippen molar-refractivity contribution < 1.29 is 18.4 Å². The van der Waals surface area contributed by atoms with E-state index in [4.69, 9.17) is 0 Å². The molecule has 6 heteroatoms. The smallest absolute Gasteiger partial charge is 0.246 e. The molecule has 2 aromatic carbocycles. The van der Waals surface area contributed by atoms with E-state index in [1.165, 1.54) is 6.92 Å². The Kier molecular flexibility index (Phi) is 5.63. The fraction of sp³-hybridized carbons (Fsp3) is 0.222. The molecule has 0 saturated carbocycles. The fourth-order valence-corrected chi connectivity index (χ4v) is 2.17. The highest BCUT2D eigenvalue weighted by molar-refractivity contribution is 5.97. The average molecular weight is 331 g/mol. The molecule has 24 heavy (non-hydrogen) atoms. The van der Waals surface area contributed by atoms with Crippen LogP contribution >= 0.6 is 0 Å². The number of carbonyl (C=O) groups is 2. The maximum Gasteiger partial charge on any atom is 0.246 e. The second-order valence-corrected chi connectivity index (χ2v) is 5.49. The van der Waals surface area contributed by atoms with Gasteiger partial charge >= 0.3 is 0 Å². The summed E-state index contributed by atoms with van der Waals surface area (Å²) in [5, 5.41) is 5.17. The molecular weight excluding hydrogens is 314 g/mol. The third kappa shape index (κ3) is 5.15. The van der Waals surface area contributed by atoms with Gasteiger partial charge < -0.3 is 10.6 Å². The maximum absolute atomic E-state index is 13.1. The van der Waals surface area contributed by atoms with Crippen molar-refractivity contribution in [1.29, 1.82) is 0 Å². The molecule has 4 nitrogen and oxygen atoms in total. The Morgan fingerprint density at radius 3 is 2.46 bits per heavy atom. The van der Waals surface area contributed by atoms with Gasteiger partial charge in [-0.25, -0.2) is 8.78 Å². The van der Waals surface area contributed by atoms with Crippen LogP contribution in [0.3, 0.4) is 0 Å². The van der Waals surface area contributed by atoms with Gasteiger partial charge in [-0.2, -0.15) is 0 Å². The predicted octanol–water partition coefficient (Wildman–Crippen LogP) is 2.76. The van der Waals surface area contributed by atoms with Crippen LogP contribution in [0, 0.1) is 24.6 Å². The Labute approximate surface area is 138 Å². The van der Waals surface area contributed by atoms with Gasteiger partial charge in [0, 0.05) is 11.8 Å². The number of carbonyl (C=O) groups excluding carboxylic acids is 2. The highest BCUT2D eigenvalue weighted by atomic mass is 19.1. The predicted molar refractivity (Wildman–Crippen MR) is 86.3 cm³/mol. The summed E-state index contributed by atoms with van der Waals surface area (Å²) in [7, 11) is 0. The summed E-state index contributed by atoms with van der Waals surface area (Å²) < 4.78 is 26.2. The molecule has 0 aromatic heterocycles. The summed E-state index contributed by atoms with van der Waals surface area (Å²) in [5.41, 5.74) is 1.67. The Hall–Kier alpha value is -2.76. The standard InChI is InChI=1S/C18H17F2N2O2/c1-11-4-3-5-16(6-11)22-18(24)12(2)21-17(23)9-13-7-14(19)10-15(20)8-13/h3,5-8,10,12H,9H2,1-2H3,(H,21,23)(H,22,24)/t12-/m0/s1. The molecule has 1 radical (unpaired) electrons. The van der Waals surface area contributed by atoms with Crippen LogP contribution in [0.25, 0.3) is 0 Å². The Morgan fingerprint density at radius 1 is 1.17 bits per heavy atom. The minimum Gasteiger partial charge on any atom is -0.344 e. The van der Waals surface area contributed by atoms with Gasteiger partial charge in [0.15, 0.2) is 0 Å². The summed E-state index contributed by atoms with van der Waals surface area (Å²) in [5.74, 6) is -2.39. The quantitative estimate of drug-likeness (QED) is 0.885. The van der Waals surface area contributed by atoms with Gasteiger partial charge in [0.1, 0.15) is 17.7 Å². The number of aryl methyl sites for hydroxylation is 1.